The molecule has 2 heterocycles. The van der Waals surface area contributed by atoms with Crippen molar-refractivity contribution < 1.29 is 8.42 Å². The lowest BCUT2D eigenvalue weighted by Crippen LogP contribution is -2.52. The van der Waals surface area contributed by atoms with Gasteiger partial charge in [-0.2, -0.15) is 0 Å². The van der Waals surface area contributed by atoms with Crippen LogP contribution in [0.1, 0.15) is 32.6 Å². The van der Waals surface area contributed by atoms with Crippen molar-refractivity contribution in [2.24, 2.45) is 5.92 Å². The molecule has 3 fully saturated rings. The molecule has 0 aromatic rings. The van der Waals surface area contributed by atoms with E-state index in [-0.39, 0.29) is 5.25 Å². The first-order valence-electron chi connectivity index (χ1n) is 8.38. The average Bonchev–Trinajstić information content (AvgIpc) is 3.27. The van der Waals surface area contributed by atoms with Crippen LogP contribution in [-0.2, 0) is 10.0 Å². The summed E-state index contributed by atoms with van der Waals surface area (Å²) in [6.45, 7) is 8.39. The molecule has 6 heteroatoms. The Hall–Kier alpha value is -0.170. The number of sulfonamides is 1. The third-order valence-corrected chi connectivity index (χ3v) is 7.74. The van der Waals surface area contributed by atoms with Gasteiger partial charge in [-0.05, 0) is 45.6 Å². The van der Waals surface area contributed by atoms with Crippen LogP contribution >= 0.6 is 0 Å². The summed E-state index contributed by atoms with van der Waals surface area (Å²) in [6, 6.07) is 0.622. The van der Waals surface area contributed by atoms with Gasteiger partial charge in [-0.1, -0.05) is 0 Å². The number of likely N-dealkylation sites (N-methyl/N-ethyl adjacent to an activating group) is 1. The fourth-order valence-corrected chi connectivity index (χ4v) is 5.58. The van der Waals surface area contributed by atoms with E-state index in [9.17, 15) is 8.42 Å². The molecule has 1 unspecified atom stereocenters. The Kier molecular flexibility index (Phi) is 4.60. The summed E-state index contributed by atoms with van der Waals surface area (Å²) in [4.78, 5) is 4.99. The van der Waals surface area contributed by atoms with Gasteiger partial charge in [0.15, 0.2) is 0 Å². The van der Waals surface area contributed by atoms with E-state index in [1.54, 1.807) is 4.31 Å². The van der Waals surface area contributed by atoms with Gasteiger partial charge in [-0.3, -0.25) is 4.90 Å². The molecule has 122 valence electrons. The summed E-state index contributed by atoms with van der Waals surface area (Å²) < 4.78 is 26.2. The highest BCUT2D eigenvalue weighted by Crippen LogP contribution is 2.33. The Morgan fingerprint density at radius 1 is 1.00 bits per heavy atom. The van der Waals surface area contributed by atoms with Crippen molar-refractivity contribution in [2.75, 3.05) is 46.3 Å². The molecule has 5 nitrogen and oxygen atoms in total. The molecule has 0 aromatic carbocycles. The van der Waals surface area contributed by atoms with Crippen LogP contribution in [0.15, 0.2) is 0 Å². The third-order valence-electron chi connectivity index (χ3n) is 5.34. The summed E-state index contributed by atoms with van der Waals surface area (Å²) in [5.41, 5.74) is 0. The lowest BCUT2D eigenvalue weighted by atomic mass is 9.96. The van der Waals surface area contributed by atoms with Crippen LogP contribution in [0.2, 0.25) is 0 Å². The smallest absolute Gasteiger partial charge is 0.216 e. The first-order chi connectivity index (χ1) is 9.96. The molecule has 3 aliphatic rings. The molecule has 1 atom stereocenters. The third kappa shape index (κ3) is 3.60. The number of hydrogen-bond acceptors (Lipinski definition) is 4. The zero-order valence-electron chi connectivity index (χ0n) is 13.4. The summed E-state index contributed by atoms with van der Waals surface area (Å²) in [6.07, 6.45) is 3.82. The second-order valence-corrected chi connectivity index (χ2v) is 9.41. The number of rotatable bonds is 4. The summed E-state index contributed by atoms with van der Waals surface area (Å²) in [7, 11) is -0.761. The van der Waals surface area contributed by atoms with Gasteiger partial charge in [-0.15, -0.1) is 0 Å². The summed E-state index contributed by atoms with van der Waals surface area (Å²) >= 11 is 0. The first kappa shape index (κ1) is 15.7. The molecule has 0 aromatic heterocycles. The Morgan fingerprint density at radius 3 is 2.24 bits per heavy atom. The van der Waals surface area contributed by atoms with Crippen LogP contribution < -0.4 is 0 Å². The highest BCUT2D eigenvalue weighted by atomic mass is 32.2. The molecule has 1 aliphatic carbocycles. The average molecular weight is 315 g/mol. The first-order valence-corrected chi connectivity index (χ1v) is 9.88. The quantitative estimate of drug-likeness (QED) is 0.771. The van der Waals surface area contributed by atoms with Gasteiger partial charge >= 0.3 is 0 Å². The molecule has 2 aliphatic heterocycles. The van der Waals surface area contributed by atoms with Crippen LogP contribution in [0, 0.1) is 5.92 Å². The number of piperazine rings is 1. The van der Waals surface area contributed by atoms with Gasteiger partial charge in [0, 0.05) is 45.3 Å². The Labute approximate surface area is 129 Å². The highest BCUT2D eigenvalue weighted by Gasteiger charge is 2.41. The molecule has 0 amide bonds. The maximum atomic E-state index is 12.2. The van der Waals surface area contributed by atoms with E-state index in [1.165, 1.54) is 0 Å². The molecule has 0 radical (unpaired) electrons. The van der Waals surface area contributed by atoms with Crippen LogP contribution in [0.25, 0.3) is 0 Å². The van der Waals surface area contributed by atoms with E-state index in [4.69, 9.17) is 0 Å². The predicted octanol–water partition coefficient (Wildman–Crippen LogP) is 0.827. The fourth-order valence-electron chi connectivity index (χ4n) is 3.70. The van der Waals surface area contributed by atoms with Crippen LogP contribution in [-0.4, -0.2) is 80.1 Å². The van der Waals surface area contributed by atoms with E-state index < -0.39 is 10.0 Å². The molecule has 1 saturated carbocycles. The summed E-state index contributed by atoms with van der Waals surface area (Å²) in [5, 5.41) is -0.0493. The van der Waals surface area contributed by atoms with Gasteiger partial charge in [-0.25, -0.2) is 12.7 Å². The second kappa shape index (κ2) is 6.14. The standard InChI is InChI=1S/C15H29N3O2S/c1-13-11-16(2)9-10-17(13)12-14-5-7-18(8-6-14)21(19,20)15-3-4-15/h13-15H,3-12H2,1-2H3. The van der Waals surface area contributed by atoms with E-state index in [0.29, 0.717) is 12.0 Å². The second-order valence-electron chi connectivity index (χ2n) is 7.19. The maximum Gasteiger partial charge on any atom is 0.216 e. The van der Waals surface area contributed by atoms with Gasteiger partial charge in [0.05, 0.1) is 5.25 Å². The minimum atomic E-state index is -2.95. The van der Waals surface area contributed by atoms with Gasteiger partial charge < -0.3 is 4.90 Å². The zero-order chi connectivity index (χ0) is 15.0. The van der Waals surface area contributed by atoms with E-state index in [1.807, 2.05) is 0 Å². The van der Waals surface area contributed by atoms with Crippen molar-refractivity contribution in [1.29, 1.82) is 0 Å². The largest absolute Gasteiger partial charge is 0.304 e. The number of hydrogen-bond donors (Lipinski definition) is 0. The molecule has 0 bridgehead atoms. The predicted molar refractivity (Wildman–Crippen MR) is 84.8 cm³/mol. The monoisotopic (exact) mass is 315 g/mol. The highest BCUT2D eigenvalue weighted by molar-refractivity contribution is 7.90. The number of nitrogens with zero attached hydrogens (tertiary/aromatic N) is 3. The van der Waals surface area contributed by atoms with E-state index in [2.05, 4.69) is 23.8 Å². The van der Waals surface area contributed by atoms with Crippen molar-refractivity contribution in [3.8, 4) is 0 Å². The van der Waals surface area contributed by atoms with Crippen LogP contribution in [0.5, 0.6) is 0 Å². The lowest BCUT2D eigenvalue weighted by Gasteiger charge is -2.41. The Bertz CT molecular complexity index is 456. The minimum Gasteiger partial charge on any atom is -0.304 e. The maximum absolute atomic E-state index is 12.2. The van der Waals surface area contributed by atoms with Crippen LogP contribution in [0.4, 0.5) is 0 Å². The van der Waals surface area contributed by atoms with Crippen molar-refractivity contribution in [3.63, 3.8) is 0 Å². The molecular weight excluding hydrogens is 286 g/mol. The van der Waals surface area contributed by atoms with Crippen molar-refractivity contribution in [1.82, 2.24) is 14.1 Å². The Balaban J connectivity index is 1.47. The molecule has 3 rings (SSSR count). The zero-order valence-corrected chi connectivity index (χ0v) is 14.2. The topological polar surface area (TPSA) is 43.9 Å². The lowest BCUT2D eigenvalue weighted by molar-refractivity contribution is 0.0750. The van der Waals surface area contributed by atoms with E-state index in [0.717, 1.165) is 65.0 Å². The molecular formula is C15H29N3O2S. The molecule has 21 heavy (non-hydrogen) atoms. The van der Waals surface area contributed by atoms with Crippen molar-refractivity contribution in [2.45, 2.75) is 43.9 Å². The normalized spacial score (nSPS) is 31.6. The molecule has 0 spiro atoms. The molecule has 0 N–H and O–H groups in total. The summed E-state index contributed by atoms with van der Waals surface area (Å²) in [5.74, 6) is 0.668. The SMILES string of the molecule is CC1CN(C)CCN1CC1CCN(S(=O)(=O)C2CC2)CC1. The Morgan fingerprint density at radius 2 is 1.67 bits per heavy atom. The van der Waals surface area contributed by atoms with E-state index >= 15 is 0 Å². The fraction of sp³-hybridized carbons (Fsp3) is 1.00. The van der Waals surface area contributed by atoms with Gasteiger partial charge in [0.1, 0.15) is 0 Å². The van der Waals surface area contributed by atoms with Gasteiger partial charge in [0.2, 0.25) is 10.0 Å². The van der Waals surface area contributed by atoms with Crippen molar-refractivity contribution >= 4 is 10.0 Å². The van der Waals surface area contributed by atoms with Crippen LogP contribution in [0.3, 0.4) is 0 Å². The number of piperidine rings is 1. The minimum absolute atomic E-state index is 0.0493. The van der Waals surface area contributed by atoms with Gasteiger partial charge in [0.25, 0.3) is 0 Å². The van der Waals surface area contributed by atoms with Crippen molar-refractivity contribution in [3.05, 3.63) is 0 Å². The molecule has 2 saturated heterocycles.